The lowest BCUT2D eigenvalue weighted by Gasteiger charge is -2.38. The van der Waals surface area contributed by atoms with E-state index >= 15 is 0 Å². The molecule has 2 heterocycles. The smallest absolute Gasteiger partial charge is 0.155 e. The zero-order valence-electron chi connectivity index (χ0n) is 45.3. The molecule has 13 aromatic rings. The summed E-state index contributed by atoms with van der Waals surface area (Å²) in [5.41, 5.74) is 23.0. The number of hydrogen-bond acceptors (Lipinski definition) is 5. The first-order valence-corrected chi connectivity index (χ1v) is 28.1. The summed E-state index contributed by atoms with van der Waals surface area (Å²) in [5, 5.41) is 0. The third-order valence-corrected chi connectivity index (χ3v) is 15.9. The average molecular weight is 1060 g/mol. The molecule has 2 aliphatic heterocycles. The first-order valence-electron chi connectivity index (χ1n) is 28.1. The third kappa shape index (κ3) is 9.42. The molecular weight excluding hydrogens is 1010 g/mol. The van der Waals surface area contributed by atoms with E-state index in [0.29, 0.717) is 0 Å². The highest BCUT2D eigenvalue weighted by molar-refractivity contribution is 5.96. The van der Waals surface area contributed by atoms with Gasteiger partial charge >= 0.3 is 0 Å². The fraction of sp³-hybridized carbons (Fsp3) is 0. The second kappa shape index (κ2) is 21.2. The lowest BCUT2D eigenvalue weighted by atomic mass is 10.00. The maximum atomic E-state index is 6.77. The number of fused-ring (bicyclic) bond motifs is 4. The molecule has 0 aliphatic carbocycles. The van der Waals surface area contributed by atoms with Crippen molar-refractivity contribution in [3.05, 3.63) is 322 Å². The van der Waals surface area contributed by atoms with E-state index < -0.39 is 0 Å². The summed E-state index contributed by atoms with van der Waals surface area (Å²) in [6.45, 7) is 0. The van der Waals surface area contributed by atoms with Crippen LogP contribution in [0.2, 0.25) is 0 Å². The number of para-hydroxylation sites is 1. The van der Waals surface area contributed by atoms with E-state index in [2.05, 4.69) is 318 Å². The number of benzene rings is 13. The molecule has 15 rings (SSSR count). The Hall–Kier alpha value is -11.1. The minimum absolute atomic E-state index is 0.744. The minimum Gasteiger partial charge on any atom is -0.453 e. The molecule has 0 fully saturated rings. The van der Waals surface area contributed by atoms with E-state index in [1.54, 1.807) is 0 Å². The second-order valence-corrected chi connectivity index (χ2v) is 20.9. The van der Waals surface area contributed by atoms with Gasteiger partial charge in [-0.1, -0.05) is 212 Å². The monoisotopic (exact) mass is 1060 g/mol. The molecule has 0 saturated heterocycles. The Labute approximate surface area is 484 Å². The zero-order valence-corrected chi connectivity index (χ0v) is 45.3. The Morgan fingerprint density at radius 3 is 0.687 bits per heavy atom. The number of nitrogens with zero attached hydrogens (tertiary/aromatic N) is 3. The maximum Gasteiger partial charge on any atom is 0.155 e. The second-order valence-electron chi connectivity index (χ2n) is 20.9. The molecule has 0 radical (unpaired) electrons. The molecule has 0 unspecified atom stereocenters. The van der Waals surface area contributed by atoms with Gasteiger partial charge in [0.1, 0.15) is 5.69 Å². The standard InChI is InChI=1S/C78H53N3O2/c1-5-14-54(15-6-1)58-24-38-66(39-25-58)79(67-40-26-59(27-41-67)55-16-7-2-8-17-55)70-46-32-62(33-47-70)64-36-50-72-76(52-64)82-74-22-13-23-75-78(74)81(72)73-51-37-65(53-77(73)83-75)63-34-48-71(49-35-63)80(68-42-28-60(29-43-68)56-18-9-3-10-19-56)69-44-30-61(31-45-69)57-20-11-4-12-21-57/h1-53H. The topological polar surface area (TPSA) is 28.2 Å². The van der Waals surface area contributed by atoms with Gasteiger partial charge in [-0.15, -0.1) is 0 Å². The van der Waals surface area contributed by atoms with Gasteiger partial charge in [0.2, 0.25) is 0 Å². The van der Waals surface area contributed by atoms with E-state index in [1.165, 1.54) is 44.5 Å². The molecular formula is C78H53N3O2. The molecule has 0 saturated carbocycles. The summed E-state index contributed by atoms with van der Waals surface area (Å²) in [4.78, 5) is 6.93. The van der Waals surface area contributed by atoms with Gasteiger partial charge in [-0.25, -0.2) is 0 Å². The maximum absolute atomic E-state index is 6.77. The van der Waals surface area contributed by atoms with Crippen LogP contribution in [0.15, 0.2) is 322 Å². The van der Waals surface area contributed by atoms with Crippen LogP contribution in [0, 0.1) is 0 Å². The van der Waals surface area contributed by atoms with Crippen molar-refractivity contribution >= 4 is 51.2 Å². The summed E-state index contributed by atoms with van der Waals surface area (Å²) in [6.07, 6.45) is 0. The molecule has 0 amide bonds. The van der Waals surface area contributed by atoms with Crippen LogP contribution in [-0.4, -0.2) is 0 Å². The molecule has 0 spiro atoms. The summed E-state index contributed by atoms with van der Waals surface area (Å²) >= 11 is 0. The Morgan fingerprint density at radius 2 is 0.422 bits per heavy atom. The van der Waals surface area contributed by atoms with Gasteiger partial charge in [-0.05, 0) is 176 Å². The molecule has 5 nitrogen and oxygen atoms in total. The quantitative estimate of drug-likeness (QED) is 0.122. The predicted molar refractivity (Wildman–Crippen MR) is 343 cm³/mol. The molecule has 0 atom stereocenters. The van der Waals surface area contributed by atoms with E-state index in [4.69, 9.17) is 9.47 Å². The highest BCUT2D eigenvalue weighted by Gasteiger charge is 2.35. The van der Waals surface area contributed by atoms with Crippen LogP contribution in [-0.2, 0) is 0 Å². The summed E-state index contributed by atoms with van der Waals surface area (Å²) in [5.74, 6) is 3.04. The Bertz CT molecular complexity index is 3970. The van der Waals surface area contributed by atoms with E-state index in [-0.39, 0.29) is 0 Å². The van der Waals surface area contributed by atoms with Gasteiger partial charge in [0.05, 0.1) is 11.4 Å². The third-order valence-electron chi connectivity index (χ3n) is 15.9. The van der Waals surface area contributed by atoms with Crippen molar-refractivity contribution in [2.75, 3.05) is 14.7 Å². The van der Waals surface area contributed by atoms with Crippen molar-refractivity contribution < 1.29 is 9.47 Å². The molecule has 0 aromatic heterocycles. The van der Waals surface area contributed by atoms with Gasteiger partial charge in [0.25, 0.3) is 0 Å². The molecule has 2 aliphatic rings. The number of ether oxygens (including phenoxy) is 2. The lowest BCUT2D eigenvalue weighted by Crippen LogP contribution is -2.20. The van der Waals surface area contributed by atoms with Crippen molar-refractivity contribution in [1.29, 1.82) is 0 Å². The summed E-state index contributed by atoms with van der Waals surface area (Å²) < 4.78 is 13.5. The van der Waals surface area contributed by atoms with Crippen LogP contribution in [0.3, 0.4) is 0 Å². The lowest BCUT2D eigenvalue weighted by molar-refractivity contribution is 0.446. The predicted octanol–water partition coefficient (Wildman–Crippen LogP) is 22.3. The molecule has 0 bridgehead atoms. The van der Waals surface area contributed by atoms with Gasteiger partial charge in [-0.3, -0.25) is 4.90 Å². The summed E-state index contributed by atoms with van der Waals surface area (Å²) in [6, 6.07) is 114. The Kier molecular flexibility index (Phi) is 12.5. The van der Waals surface area contributed by atoms with Crippen LogP contribution in [0.4, 0.5) is 51.2 Å². The van der Waals surface area contributed by atoms with Crippen LogP contribution in [0.5, 0.6) is 23.0 Å². The van der Waals surface area contributed by atoms with Gasteiger partial charge in [-0.2, -0.15) is 0 Å². The van der Waals surface area contributed by atoms with Crippen molar-refractivity contribution in [2.24, 2.45) is 0 Å². The van der Waals surface area contributed by atoms with Gasteiger partial charge in [0.15, 0.2) is 23.0 Å². The largest absolute Gasteiger partial charge is 0.453 e. The van der Waals surface area contributed by atoms with Crippen LogP contribution < -0.4 is 24.2 Å². The van der Waals surface area contributed by atoms with E-state index in [1.807, 2.05) is 18.2 Å². The highest BCUT2D eigenvalue weighted by atomic mass is 16.5. The fourth-order valence-corrected chi connectivity index (χ4v) is 11.6. The van der Waals surface area contributed by atoms with Crippen LogP contribution in [0.1, 0.15) is 0 Å². The highest BCUT2D eigenvalue weighted by Crippen LogP contribution is 2.60. The molecule has 0 N–H and O–H groups in total. The first kappa shape index (κ1) is 48.9. The van der Waals surface area contributed by atoms with Crippen LogP contribution >= 0.6 is 0 Å². The average Bonchev–Trinajstić information content (AvgIpc) is 3.13. The minimum atomic E-state index is 0.744. The SMILES string of the molecule is c1ccc(-c2ccc(N(c3ccc(-c4ccccc4)cc3)c3ccc(-c4ccc5c(c4)Oc4cccc6c4N5c4ccc(-c5ccc(N(c7ccc(-c8ccccc8)cc7)c7ccc(-c8ccccc8)cc7)cc5)cc4O6)cc3)cc2)cc1. The number of hydrogen-bond donors (Lipinski definition) is 0. The van der Waals surface area contributed by atoms with Gasteiger partial charge in [0, 0.05) is 34.1 Å². The van der Waals surface area contributed by atoms with Crippen molar-refractivity contribution in [1.82, 2.24) is 0 Å². The fourth-order valence-electron chi connectivity index (χ4n) is 11.6. The van der Waals surface area contributed by atoms with Crippen molar-refractivity contribution in [3.8, 4) is 89.8 Å². The molecule has 392 valence electrons. The summed E-state index contributed by atoms with van der Waals surface area (Å²) in [7, 11) is 0. The zero-order chi connectivity index (χ0) is 55.1. The normalized spacial score (nSPS) is 11.8. The number of rotatable bonds is 12. The van der Waals surface area contributed by atoms with Crippen LogP contribution in [0.25, 0.3) is 66.8 Å². The molecule has 83 heavy (non-hydrogen) atoms. The van der Waals surface area contributed by atoms with E-state index in [0.717, 1.165) is 96.4 Å². The Morgan fingerprint density at radius 1 is 0.193 bits per heavy atom. The molecule has 5 heteroatoms. The van der Waals surface area contributed by atoms with E-state index in [9.17, 15) is 0 Å². The van der Waals surface area contributed by atoms with Gasteiger partial charge < -0.3 is 19.3 Å². The van der Waals surface area contributed by atoms with Crippen molar-refractivity contribution in [2.45, 2.75) is 0 Å². The Balaban J connectivity index is 0.722. The molecule has 13 aromatic carbocycles. The van der Waals surface area contributed by atoms with Crippen molar-refractivity contribution in [3.63, 3.8) is 0 Å². The number of anilines is 9. The first-order chi connectivity index (χ1) is 41.1.